The highest BCUT2D eigenvalue weighted by Gasteiger charge is 2.21. The molecule has 0 saturated carbocycles. The molecule has 0 aromatic heterocycles. The van der Waals surface area contributed by atoms with Gasteiger partial charge in [-0.25, -0.2) is 4.79 Å². The zero-order chi connectivity index (χ0) is 12.7. The molecule has 0 radical (unpaired) electrons. The Bertz CT molecular complexity index is 262. The molecule has 0 bridgehead atoms. The van der Waals surface area contributed by atoms with E-state index in [0.717, 1.165) is 25.9 Å². The summed E-state index contributed by atoms with van der Waals surface area (Å²) in [5.74, 6) is -0.896. The molecule has 0 aliphatic carbocycles. The molecule has 6 heteroatoms. The van der Waals surface area contributed by atoms with Crippen molar-refractivity contribution in [2.24, 2.45) is 0 Å². The zero-order valence-corrected chi connectivity index (χ0v) is 10.1. The van der Waals surface area contributed by atoms with Gasteiger partial charge in [-0.3, -0.25) is 9.69 Å². The van der Waals surface area contributed by atoms with Gasteiger partial charge in [-0.1, -0.05) is 0 Å². The molecule has 1 heterocycles. The van der Waals surface area contributed by atoms with Crippen LogP contribution >= 0.6 is 0 Å². The van der Waals surface area contributed by atoms with Crippen LogP contribution in [0.5, 0.6) is 0 Å². The van der Waals surface area contributed by atoms with Crippen LogP contribution in [0, 0.1) is 0 Å². The number of likely N-dealkylation sites (tertiary alicyclic amines) is 1. The summed E-state index contributed by atoms with van der Waals surface area (Å²) >= 11 is 0. The van der Waals surface area contributed by atoms with E-state index in [1.807, 2.05) is 6.92 Å². The molecule has 1 aliphatic rings. The van der Waals surface area contributed by atoms with Crippen molar-refractivity contribution in [1.82, 2.24) is 10.2 Å². The van der Waals surface area contributed by atoms with Crippen molar-refractivity contribution >= 4 is 11.9 Å². The monoisotopic (exact) mass is 244 g/mol. The summed E-state index contributed by atoms with van der Waals surface area (Å²) in [6.07, 6.45) is 1.58. The van der Waals surface area contributed by atoms with E-state index in [1.165, 1.54) is 0 Å². The molecular formula is C11H20N2O4. The van der Waals surface area contributed by atoms with Crippen LogP contribution in [0.4, 0.5) is 0 Å². The number of carboxylic acid groups (broad SMARTS) is 1. The summed E-state index contributed by atoms with van der Waals surface area (Å²) in [5.41, 5.74) is 0. The molecule has 0 aromatic carbocycles. The number of nitrogens with zero attached hydrogens (tertiary/aromatic N) is 1. The Morgan fingerprint density at radius 2 is 2.06 bits per heavy atom. The number of aliphatic carboxylic acids is 1. The quantitative estimate of drug-likeness (QED) is 0.670. The number of piperidine rings is 1. The van der Waals surface area contributed by atoms with Gasteiger partial charge in [-0.05, 0) is 19.8 Å². The Morgan fingerprint density at radius 3 is 2.59 bits per heavy atom. The summed E-state index contributed by atoms with van der Waals surface area (Å²) in [4.78, 5) is 23.7. The lowest BCUT2D eigenvalue weighted by Crippen LogP contribution is -2.43. The fourth-order valence-electron chi connectivity index (χ4n) is 1.88. The van der Waals surface area contributed by atoms with Crippen LogP contribution in [0.1, 0.15) is 19.8 Å². The third kappa shape index (κ3) is 5.65. The van der Waals surface area contributed by atoms with Crippen molar-refractivity contribution in [3.05, 3.63) is 0 Å². The Labute approximate surface area is 101 Å². The number of hydrogen-bond donors (Lipinski definition) is 2. The highest BCUT2D eigenvalue weighted by molar-refractivity contribution is 5.77. The van der Waals surface area contributed by atoms with Crippen molar-refractivity contribution in [2.45, 2.75) is 25.9 Å². The van der Waals surface area contributed by atoms with Gasteiger partial charge in [0, 0.05) is 19.6 Å². The van der Waals surface area contributed by atoms with E-state index in [-0.39, 0.29) is 18.6 Å². The molecule has 6 nitrogen and oxygen atoms in total. The smallest absolute Gasteiger partial charge is 0.329 e. The van der Waals surface area contributed by atoms with Gasteiger partial charge in [0.15, 0.2) is 0 Å². The SMILES string of the molecule is CCNC(=O)CN1CCC(OCC(=O)O)CC1. The number of likely N-dealkylation sites (N-methyl/N-ethyl adjacent to an activating group) is 1. The van der Waals surface area contributed by atoms with Crippen molar-refractivity contribution in [1.29, 1.82) is 0 Å². The molecule has 1 aliphatic heterocycles. The van der Waals surface area contributed by atoms with Crippen LogP contribution in [0.15, 0.2) is 0 Å². The predicted molar refractivity (Wildman–Crippen MR) is 61.7 cm³/mol. The lowest BCUT2D eigenvalue weighted by Gasteiger charge is -2.30. The molecule has 1 rings (SSSR count). The molecule has 98 valence electrons. The van der Waals surface area contributed by atoms with Gasteiger partial charge in [0.1, 0.15) is 6.61 Å². The highest BCUT2D eigenvalue weighted by Crippen LogP contribution is 2.13. The number of carbonyl (C=O) groups is 2. The molecule has 17 heavy (non-hydrogen) atoms. The minimum atomic E-state index is -0.935. The van der Waals surface area contributed by atoms with E-state index < -0.39 is 5.97 Å². The van der Waals surface area contributed by atoms with Crippen LogP contribution in [0.25, 0.3) is 0 Å². The zero-order valence-electron chi connectivity index (χ0n) is 10.1. The van der Waals surface area contributed by atoms with Crippen LogP contribution < -0.4 is 5.32 Å². The van der Waals surface area contributed by atoms with E-state index in [1.54, 1.807) is 0 Å². The number of carboxylic acids is 1. The largest absolute Gasteiger partial charge is 0.480 e. The first-order chi connectivity index (χ1) is 8.11. The fraction of sp³-hybridized carbons (Fsp3) is 0.818. The third-order valence-electron chi connectivity index (χ3n) is 2.72. The standard InChI is InChI=1S/C11H20N2O4/c1-2-12-10(14)7-13-5-3-9(4-6-13)17-8-11(15)16/h9H,2-8H2,1H3,(H,12,14)(H,15,16). The first-order valence-electron chi connectivity index (χ1n) is 5.94. The molecule has 1 saturated heterocycles. The Kier molecular flexibility index (Phi) is 5.93. The lowest BCUT2D eigenvalue weighted by molar-refractivity contribution is -0.145. The molecule has 1 amide bonds. The van der Waals surface area contributed by atoms with Crippen LogP contribution in [-0.4, -0.2) is 60.8 Å². The second-order valence-corrected chi connectivity index (χ2v) is 4.13. The third-order valence-corrected chi connectivity index (χ3v) is 2.72. The average molecular weight is 244 g/mol. The Balaban J connectivity index is 2.17. The summed E-state index contributed by atoms with van der Waals surface area (Å²) < 4.78 is 5.22. The highest BCUT2D eigenvalue weighted by atomic mass is 16.5. The number of ether oxygens (including phenoxy) is 1. The second-order valence-electron chi connectivity index (χ2n) is 4.13. The molecule has 0 unspecified atom stereocenters. The first-order valence-corrected chi connectivity index (χ1v) is 5.94. The van der Waals surface area contributed by atoms with Gasteiger partial charge in [0.2, 0.25) is 5.91 Å². The van der Waals surface area contributed by atoms with Gasteiger partial charge in [0.25, 0.3) is 0 Å². The van der Waals surface area contributed by atoms with E-state index in [4.69, 9.17) is 9.84 Å². The van der Waals surface area contributed by atoms with E-state index >= 15 is 0 Å². The molecule has 0 aromatic rings. The Morgan fingerprint density at radius 1 is 1.41 bits per heavy atom. The van der Waals surface area contributed by atoms with Gasteiger partial charge in [-0.15, -0.1) is 0 Å². The normalized spacial score (nSPS) is 17.9. The summed E-state index contributed by atoms with van der Waals surface area (Å²) in [6, 6.07) is 0. The number of nitrogens with one attached hydrogen (secondary N) is 1. The number of rotatable bonds is 6. The van der Waals surface area contributed by atoms with Gasteiger partial charge >= 0.3 is 5.97 Å². The second kappa shape index (κ2) is 7.24. The number of carbonyl (C=O) groups excluding carboxylic acids is 1. The first kappa shape index (κ1) is 13.9. The van der Waals surface area contributed by atoms with E-state index in [0.29, 0.717) is 13.1 Å². The van der Waals surface area contributed by atoms with Gasteiger partial charge < -0.3 is 15.2 Å². The summed E-state index contributed by atoms with van der Waals surface area (Å²) in [6.45, 7) is 4.28. The van der Waals surface area contributed by atoms with Crippen molar-refractivity contribution < 1.29 is 19.4 Å². The predicted octanol–water partition coefficient (Wildman–Crippen LogP) is -0.312. The molecule has 0 atom stereocenters. The number of hydrogen-bond acceptors (Lipinski definition) is 4. The van der Waals surface area contributed by atoms with Crippen LogP contribution in [0.2, 0.25) is 0 Å². The number of amides is 1. The van der Waals surface area contributed by atoms with Crippen molar-refractivity contribution in [3.8, 4) is 0 Å². The Hall–Kier alpha value is -1.14. The maximum Gasteiger partial charge on any atom is 0.329 e. The summed E-state index contributed by atoms with van der Waals surface area (Å²) in [7, 11) is 0. The summed E-state index contributed by atoms with van der Waals surface area (Å²) in [5, 5.41) is 11.2. The van der Waals surface area contributed by atoms with E-state index in [2.05, 4.69) is 10.2 Å². The molecule has 1 fully saturated rings. The van der Waals surface area contributed by atoms with Crippen LogP contribution in [-0.2, 0) is 14.3 Å². The van der Waals surface area contributed by atoms with Gasteiger partial charge in [-0.2, -0.15) is 0 Å². The molecule has 2 N–H and O–H groups in total. The van der Waals surface area contributed by atoms with Crippen molar-refractivity contribution in [2.75, 3.05) is 32.8 Å². The fourth-order valence-corrected chi connectivity index (χ4v) is 1.88. The van der Waals surface area contributed by atoms with Gasteiger partial charge in [0.05, 0.1) is 12.6 Å². The van der Waals surface area contributed by atoms with E-state index in [9.17, 15) is 9.59 Å². The molecular weight excluding hydrogens is 224 g/mol. The maximum absolute atomic E-state index is 11.3. The minimum Gasteiger partial charge on any atom is -0.480 e. The topological polar surface area (TPSA) is 78.9 Å². The average Bonchev–Trinajstić information content (AvgIpc) is 2.28. The van der Waals surface area contributed by atoms with Crippen molar-refractivity contribution in [3.63, 3.8) is 0 Å². The minimum absolute atomic E-state index is 0.0107. The maximum atomic E-state index is 11.3. The lowest BCUT2D eigenvalue weighted by atomic mass is 10.1. The molecule has 0 spiro atoms. The van der Waals surface area contributed by atoms with Crippen LogP contribution in [0.3, 0.4) is 0 Å².